The SMILES string of the molecule is CC(C)(C)CCC(O)c1ccc(C(F)F)cc1. The molecule has 0 spiro atoms. The van der Waals surface area contributed by atoms with Gasteiger partial charge in [-0.2, -0.15) is 0 Å². The van der Waals surface area contributed by atoms with Gasteiger partial charge in [0.2, 0.25) is 0 Å². The molecule has 0 radical (unpaired) electrons. The molecule has 1 unspecified atom stereocenters. The van der Waals surface area contributed by atoms with Gasteiger partial charge in [0, 0.05) is 5.56 Å². The molecule has 0 amide bonds. The van der Waals surface area contributed by atoms with Gasteiger partial charge in [-0.15, -0.1) is 0 Å². The van der Waals surface area contributed by atoms with Crippen LogP contribution < -0.4 is 0 Å². The summed E-state index contributed by atoms with van der Waals surface area (Å²) in [5.74, 6) is 0. The van der Waals surface area contributed by atoms with Gasteiger partial charge in [0.15, 0.2) is 0 Å². The van der Waals surface area contributed by atoms with Crippen LogP contribution in [0.15, 0.2) is 24.3 Å². The van der Waals surface area contributed by atoms with Crippen molar-refractivity contribution in [2.45, 2.75) is 46.1 Å². The maximum absolute atomic E-state index is 12.3. The Morgan fingerprint density at radius 1 is 1.06 bits per heavy atom. The second kappa shape index (κ2) is 5.58. The molecule has 0 aliphatic heterocycles. The smallest absolute Gasteiger partial charge is 0.263 e. The van der Waals surface area contributed by atoms with E-state index in [0.29, 0.717) is 12.0 Å². The number of alkyl halides is 2. The average Bonchev–Trinajstić information content (AvgIpc) is 2.25. The summed E-state index contributed by atoms with van der Waals surface area (Å²) in [5.41, 5.74) is 0.875. The van der Waals surface area contributed by atoms with Crippen molar-refractivity contribution in [3.8, 4) is 0 Å². The highest BCUT2D eigenvalue weighted by molar-refractivity contribution is 5.24. The van der Waals surface area contributed by atoms with Gasteiger partial charge in [-0.1, -0.05) is 45.0 Å². The number of aliphatic hydroxyl groups is 1. The van der Waals surface area contributed by atoms with Gasteiger partial charge in [0.25, 0.3) is 6.43 Å². The zero-order chi connectivity index (χ0) is 13.1. The minimum atomic E-state index is -2.45. The van der Waals surface area contributed by atoms with Crippen LogP contribution in [0.1, 0.15) is 57.3 Å². The Bertz CT molecular complexity index is 338. The van der Waals surface area contributed by atoms with Gasteiger partial charge in [0.05, 0.1) is 6.10 Å². The van der Waals surface area contributed by atoms with Gasteiger partial charge >= 0.3 is 0 Å². The highest BCUT2D eigenvalue weighted by Gasteiger charge is 2.15. The molecule has 0 aliphatic carbocycles. The van der Waals surface area contributed by atoms with Gasteiger partial charge in [-0.3, -0.25) is 0 Å². The lowest BCUT2D eigenvalue weighted by Crippen LogP contribution is -2.08. The van der Waals surface area contributed by atoms with Crippen molar-refractivity contribution < 1.29 is 13.9 Å². The van der Waals surface area contributed by atoms with Crippen LogP contribution in [0.25, 0.3) is 0 Å². The van der Waals surface area contributed by atoms with E-state index in [1.54, 1.807) is 12.1 Å². The van der Waals surface area contributed by atoms with Crippen molar-refractivity contribution >= 4 is 0 Å². The topological polar surface area (TPSA) is 20.2 Å². The van der Waals surface area contributed by atoms with E-state index in [9.17, 15) is 13.9 Å². The largest absolute Gasteiger partial charge is 0.388 e. The van der Waals surface area contributed by atoms with Crippen LogP contribution in [0, 0.1) is 5.41 Å². The summed E-state index contributed by atoms with van der Waals surface area (Å²) in [6.45, 7) is 6.33. The maximum Gasteiger partial charge on any atom is 0.263 e. The molecule has 0 saturated heterocycles. The van der Waals surface area contributed by atoms with E-state index in [1.807, 2.05) is 0 Å². The summed E-state index contributed by atoms with van der Waals surface area (Å²) in [6.07, 6.45) is -1.47. The van der Waals surface area contributed by atoms with Crippen molar-refractivity contribution in [2.24, 2.45) is 5.41 Å². The Morgan fingerprint density at radius 3 is 1.94 bits per heavy atom. The first-order valence-electron chi connectivity index (χ1n) is 5.86. The molecular weight excluding hydrogens is 222 g/mol. The summed E-state index contributed by atoms with van der Waals surface area (Å²) >= 11 is 0. The summed E-state index contributed by atoms with van der Waals surface area (Å²) in [7, 11) is 0. The van der Waals surface area contributed by atoms with Crippen molar-refractivity contribution in [1.29, 1.82) is 0 Å². The van der Waals surface area contributed by atoms with Crippen molar-refractivity contribution in [3.05, 3.63) is 35.4 Å². The molecule has 1 nitrogen and oxygen atoms in total. The second-order valence-corrected chi connectivity index (χ2v) is 5.58. The standard InChI is InChI=1S/C14H20F2O/c1-14(2,3)9-8-12(17)10-4-6-11(7-5-10)13(15)16/h4-7,12-13,17H,8-9H2,1-3H3. The average molecular weight is 242 g/mol. The number of hydrogen-bond acceptors (Lipinski definition) is 1. The molecule has 0 saturated carbocycles. The minimum Gasteiger partial charge on any atom is -0.388 e. The number of rotatable bonds is 4. The molecule has 0 heterocycles. The van der Waals surface area contributed by atoms with Crippen LogP contribution >= 0.6 is 0 Å². The van der Waals surface area contributed by atoms with Crippen LogP contribution in [-0.4, -0.2) is 5.11 Å². The molecule has 3 heteroatoms. The van der Waals surface area contributed by atoms with Crippen LogP contribution in [-0.2, 0) is 0 Å². The van der Waals surface area contributed by atoms with Crippen LogP contribution in [0.5, 0.6) is 0 Å². The molecule has 1 N–H and O–H groups in total. The third-order valence-corrected chi connectivity index (χ3v) is 2.74. The van der Waals surface area contributed by atoms with Gasteiger partial charge in [-0.05, 0) is 23.8 Å². The van der Waals surface area contributed by atoms with E-state index in [1.165, 1.54) is 12.1 Å². The first-order valence-corrected chi connectivity index (χ1v) is 5.86. The maximum atomic E-state index is 12.3. The molecule has 0 fully saturated rings. The van der Waals surface area contributed by atoms with Crippen molar-refractivity contribution in [3.63, 3.8) is 0 Å². The molecule has 0 bridgehead atoms. The van der Waals surface area contributed by atoms with E-state index < -0.39 is 12.5 Å². The highest BCUT2D eigenvalue weighted by atomic mass is 19.3. The first kappa shape index (κ1) is 14.1. The number of benzene rings is 1. The van der Waals surface area contributed by atoms with Crippen LogP contribution in [0.4, 0.5) is 8.78 Å². The molecule has 1 atom stereocenters. The lowest BCUT2D eigenvalue weighted by molar-refractivity contribution is 0.145. The Balaban J connectivity index is 2.60. The van der Waals surface area contributed by atoms with E-state index in [0.717, 1.165) is 6.42 Å². The summed E-state index contributed by atoms with van der Waals surface area (Å²) < 4.78 is 24.7. The Hall–Kier alpha value is -0.960. The lowest BCUT2D eigenvalue weighted by atomic mass is 9.88. The van der Waals surface area contributed by atoms with Crippen molar-refractivity contribution in [1.82, 2.24) is 0 Å². The first-order chi connectivity index (χ1) is 7.79. The van der Waals surface area contributed by atoms with E-state index >= 15 is 0 Å². The normalized spacial score (nSPS) is 14.1. The van der Waals surface area contributed by atoms with Gasteiger partial charge < -0.3 is 5.11 Å². The highest BCUT2D eigenvalue weighted by Crippen LogP contribution is 2.28. The van der Waals surface area contributed by atoms with E-state index in [-0.39, 0.29) is 11.0 Å². The predicted octanol–water partition coefficient (Wildman–Crippen LogP) is 4.48. The third-order valence-electron chi connectivity index (χ3n) is 2.74. The minimum absolute atomic E-state index is 0.00299. The fourth-order valence-electron chi connectivity index (χ4n) is 1.60. The molecule has 1 aromatic rings. The molecule has 0 aromatic heterocycles. The fourth-order valence-corrected chi connectivity index (χ4v) is 1.60. The molecule has 0 aliphatic rings. The summed E-state index contributed by atoms with van der Waals surface area (Å²) in [6, 6.07) is 5.91. The lowest BCUT2D eigenvalue weighted by Gasteiger charge is -2.20. The summed E-state index contributed by atoms with van der Waals surface area (Å²) in [5, 5.41) is 9.93. The third kappa shape index (κ3) is 4.82. The van der Waals surface area contributed by atoms with E-state index in [4.69, 9.17) is 0 Å². The van der Waals surface area contributed by atoms with E-state index in [2.05, 4.69) is 20.8 Å². The van der Waals surface area contributed by atoms with Crippen molar-refractivity contribution in [2.75, 3.05) is 0 Å². The molecule has 17 heavy (non-hydrogen) atoms. The number of halogens is 2. The quantitative estimate of drug-likeness (QED) is 0.825. The molecular formula is C14H20F2O. The second-order valence-electron chi connectivity index (χ2n) is 5.58. The fraction of sp³-hybridized carbons (Fsp3) is 0.571. The van der Waals surface area contributed by atoms with Gasteiger partial charge in [0.1, 0.15) is 0 Å². The number of aliphatic hydroxyl groups excluding tert-OH is 1. The molecule has 96 valence electrons. The Labute approximate surface area is 101 Å². The zero-order valence-corrected chi connectivity index (χ0v) is 10.6. The molecule has 1 aromatic carbocycles. The molecule has 1 rings (SSSR count). The summed E-state index contributed by atoms with van der Waals surface area (Å²) in [4.78, 5) is 0. The van der Waals surface area contributed by atoms with Gasteiger partial charge in [-0.25, -0.2) is 8.78 Å². The zero-order valence-electron chi connectivity index (χ0n) is 10.6. The Morgan fingerprint density at radius 2 is 1.53 bits per heavy atom. The van der Waals surface area contributed by atoms with Crippen LogP contribution in [0.3, 0.4) is 0 Å². The monoisotopic (exact) mass is 242 g/mol. The number of hydrogen-bond donors (Lipinski definition) is 1. The van der Waals surface area contributed by atoms with Crippen LogP contribution in [0.2, 0.25) is 0 Å². The Kier molecular flexibility index (Phi) is 4.63. The predicted molar refractivity (Wildman–Crippen MR) is 65.0 cm³/mol.